The molecule has 1 N–H and O–H groups in total. The summed E-state index contributed by atoms with van der Waals surface area (Å²) < 4.78 is 14.4. The van der Waals surface area contributed by atoms with Gasteiger partial charge >= 0.3 is 0 Å². The lowest BCUT2D eigenvalue weighted by molar-refractivity contribution is 0.630. The van der Waals surface area contributed by atoms with Gasteiger partial charge in [-0.3, -0.25) is 0 Å². The van der Waals surface area contributed by atoms with Gasteiger partial charge in [0.15, 0.2) is 0 Å². The summed E-state index contributed by atoms with van der Waals surface area (Å²) in [6.07, 6.45) is 0. The van der Waals surface area contributed by atoms with Crippen molar-refractivity contribution in [3.63, 3.8) is 0 Å². The van der Waals surface area contributed by atoms with E-state index in [4.69, 9.17) is 23.2 Å². The molecule has 0 atom stereocenters. The lowest BCUT2D eigenvalue weighted by Gasteiger charge is -2.09. The van der Waals surface area contributed by atoms with Crippen molar-refractivity contribution in [2.24, 2.45) is 0 Å². The van der Waals surface area contributed by atoms with Gasteiger partial charge < -0.3 is 5.32 Å². The molecule has 0 aliphatic heterocycles. The van der Waals surface area contributed by atoms with Gasteiger partial charge in [-0.15, -0.1) is 0 Å². The Morgan fingerprint density at radius 1 is 1.06 bits per heavy atom. The Labute approximate surface area is 123 Å². The summed E-state index contributed by atoms with van der Waals surface area (Å²) in [6, 6.07) is 10.0. The lowest BCUT2D eigenvalue weighted by Crippen LogP contribution is -2.02. The van der Waals surface area contributed by atoms with Gasteiger partial charge in [-0.2, -0.15) is 0 Å². The molecule has 0 saturated heterocycles. The molecule has 5 heteroatoms. The van der Waals surface area contributed by atoms with E-state index < -0.39 is 0 Å². The van der Waals surface area contributed by atoms with Gasteiger partial charge in [0.25, 0.3) is 0 Å². The zero-order chi connectivity index (χ0) is 13.1. The third-order valence-electron chi connectivity index (χ3n) is 2.42. The molecule has 0 aromatic heterocycles. The van der Waals surface area contributed by atoms with Crippen LogP contribution in [0, 0.1) is 5.82 Å². The van der Waals surface area contributed by atoms with Gasteiger partial charge in [0, 0.05) is 21.1 Å². The van der Waals surface area contributed by atoms with E-state index in [9.17, 15) is 4.39 Å². The fourth-order valence-corrected chi connectivity index (χ4v) is 2.47. The average molecular weight is 349 g/mol. The Kier molecular flexibility index (Phi) is 4.49. The Bertz CT molecular complexity index is 523. The molecular formula is C13H9BrCl2FN. The maximum atomic E-state index is 13.5. The average Bonchev–Trinajstić information content (AvgIpc) is 2.30. The summed E-state index contributed by atoms with van der Waals surface area (Å²) in [5.41, 5.74) is 1.41. The van der Waals surface area contributed by atoms with Gasteiger partial charge in [0.2, 0.25) is 0 Å². The van der Waals surface area contributed by atoms with E-state index in [2.05, 4.69) is 21.2 Å². The van der Waals surface area contributed by atoms with Crippen LogP contribution in [0.2, 0.25) is 10.0 Å². The van der Waals surface area contributed by atoms with Gasteiger partial charge in [0.1, 0.15) is 5.82 Å². The normalized spacial score (nSPS) is 10.4. The molecule has 2 aromatic carbocycles. The molecule has 2 rings (SSSR count). The maximum Gasteiger partial charge on any atom is 0.147 e. The van der Waals surface area contributed by atoms with Crippen molar-refractivity contribution in [3.05, 3.63) is 62.3 Å². The van der Waals surface area contributed by atoms with Gasteiger partial charge in [-0.05, 0) is 35.9 Å². The predicted molar refractivity (Wildman–Crippen MR) is 77.9 cm³/mol. The quantitative estimate of drug-likeness (QED) is 0.771. The van der Waals surface area contributed by atoms with Gasteiger partial charge in [-0.25, -0.2) is 4.39 Å². The minimum Gasteiger partial charge on any atom is -0.379 e. The molecule has 0 aliphatic rings. The van der Waals surface area contributed by atoms with Crippen molar-refractivity contribution in [2.45, 2.75) is 6.54 Å². The summed E-state index contributed by atoms with van der Waals surface area (Å²) >= 11 is 14.9. The fraction of sp³-hybridized carbons (Fsp3) is 0.0769. The van der Waals surface area contributed by atoms with Crippen LogP contribution in [0.5, 0.6) is 0 Å². The number of anilines is 1. The van der Waals surface area contributed by atoms with Crippen LogP contribution in [0.4, 0.5) is 10.1 Å². The van der Waals surface area contributed by atoms with E-state index in [1.54, 1.807) is 24.3 Å². The highest BCUT2D eigenvalue weighted by Crippen LogP contribution is 2.24. The van der Waals surface area contributed by atoms with Crippen LogP contribution in [0.3, 0.4) is 0 Å². The predicted octanol–water partition coefficient (Wildman–Crippen LogP) is 5.51. The molecule has 0 unspecified atom stereocenters. The van der Waals surface area contributed by atoms with E-state index in [-0.39, 0.29) is 5.82 Å². The SMILES string of the molecule is Fc1cc(Cl)ccc1NCc1ccc(Cl)cc1Br. The van der Waals surface area contributed by atoms with Crippen LogP contribution in [0.1, 0.15) is 5.56 Å². The van der Waals surface area contributed by atoms with Crippen LogP contribution in [0.25, 0.3) is 0 Å². The zero-order valence-corrected chi connectivity index (χ0v) is 12.3. The number of benzene rings is 2. The van der Waals surface area contributed by atoms with Gasteiger partial charge in [-0.1, -0.05) is 45.2 Å². The monoisotopic (exact) mass is 347 g/mol. The van der Waals surface area contributed by atoms with Gasteiger partial charge in [0.05, 0.1) is 5.69 Å². The van der Waals surface area contributed by atoms with E-state index in [0.717, 1.165) is 10.0 Å². The first-order valence-electron chi connectivity index (χ1n) is 5.19. The summed E-state index contributed by atoms with van der Waals surface area (Å²) in [5.74, 6) is -0.368. The fourth-order valence-electron chi connectivity index (χ4n) is 1.49. The highest BCUT2D eigenvalue weighted by atomic mass is 79.9. The summed E-state index contributed by atoms with van der Waals surface area (Å²) in [7, 11) is 0. The first-order valence-corrected chi connectivity index (χ1v) is 6.74. The standard InChI is InChI=1S/C13H9BrCl2FN/c14-11-5-9(15)2-1-8(11)7-18-13-4-3-10(16)6-12(13)17/h1-6,18H,7H2. The molecule has 0 saturated carbocycles. The molecule has 1 nitrogen and oxygen atoms in total. The summed E-state index contributed by atoms with van der Waals surface area (Å²) in [5, 5.41) is 4.05. The van der Waals surface area contributed by atoms with Crippen LogP contribution < -0.4 is 5.32 Å². The molecule has 94 valence electrons. The molecule has 0 bridgehead atoms. The van der Waals surface area contributed by atoms with Crippen LogP contribution in [0.15, 0.2) is 40.9 Å². The second-order valence-corrected chi connectivity index (χ2v) is 5.44. The Balaban J connectivity index is 2.11. The second kappa shape index (κ2) is 5.91. The van der Waals surface area contributed by atoms with E-state index in [1.165, 1.54) is 6.07 Å². The van der Waals surface area contributed by atoms with Crippen molar-refractivity contribution in [3.8, 4) is 0 Å². The third-order valence-corrected chi connectivity index (χ3v) is 3.62. The first-order chi connectivity index (χ1) is 8.56. The smallest absolute Gasteiger partial charge is 0.147 e. The molecule has 0 spiro atoms. The molecule has 0 heterocycles. The second-order valence-electron chi connectivity index (χ2n) is 3.71. The van der Waals surface area contributed by atoms with Crippen molar-refractivity contribution in [2.75, 3.05) is 5.32 Å². The molecule has 2 aromatic rings. The van der Waals surface area contributed by atoms with Crippen molar-refractivity contribution >= 4 is 44.8 Å². The molecule has 0 amide bonds. The molecular weight excluding hydrogens is 340 g/mol. The number of nitrogens with one attached hydrogen (secondary N) is 1. The van der Waals surface area contributed by atoms with Crippen LogP contribution in [-0.4, -0.2) is 0 Å². The van der Waals surface area contributed by atoms with E-state index in [0.29, 0.717) is 22.3 Å². The summed E-state index contributed by atoms with van der Waals surface area (Å²) in [4.78, 5) is 0. The molecule has 0 radical (unpaired) electrons. The highest BCUT2D eigenvalue weighted by molar-refractivity contribution is 9.10. The Morgan fingerprint density at radius 2 is 1.72 bits per heavy atom. The maximum absolute atomic E-state index is 13.5. The Hall–Kier alpha value is -0.770. The van der Waals surface area contributed by atoms with E-state index in [1.807, 2.05) is 6.07 Å². The van der Waals surface area contributed by atoms with Crippen molar-refractivity contribution in [1.82, 2.24) is 0 Å². The molecule has 18 heavy (non-hydrogen) atoms. The third kappa shape index (κ3) is 3.37. The minimum atomic E-state index is -0.368. The lowest BCUT2D eigenvalue weighted by atomic mass is 10.2. The Morgan fingerprint density at radius 3 is 2.39 bits per heavy atom. The summed E-state index contributed by atoms with van der Waals surface area (Å²) in [6.45, 7) is 0.496. The van der Waals surface area contributed by atoms with E-state index >= 15 is 0 Å². The number of halogens is 4. The topological polar surface area (TPSA) is 12.0 Å². The van der Waals surface area contributed by atoms with Crippen molar-refractivity contribution in [1.29, 1.82) is 0 Å². The largest absolute Gasteiger partial charge is 0.379 e. The van der Waals surface area contributed by atoms with Crippen molar-refractivity contribution < 1.29 is 4.39 Å². The minimum absolute atomic E-state index is 0.368. The van der Waals surface area contributed by atoms with Crippen LogP contribution >= 0.6 is 39.1 Å². The van der Waals surface area contributed by atoms with Crippen LogP contribution in [-0.2, 0) is 6.54 Å². The number of hydrogen-bond donors (Lipinski definition) is 1. The number of hydrogen-bond acceptors (Lipinski definition) is 1. The molecule has 0 fully saturated rings. The zero-order valence-electron chi connectivity index (χ0n) is 9.18. The number of rotatable bonds is 3. The first kappa shape index (κ1) is 13.7. The highest BCUT2D eigenvalue weighted by Gasteiger charge is 2.04. The molecule has 0 aliphatic carbocycles.